The average Bonchev–Trinajstić information content (AvgIpc) is 2.84. The number of carbonyl (C=O) groups is 2. The van der Waals surface area contributed by atoms with Gasteiger partial charge in [-0.2, -0.15) is 0 Å². The molecule has 1 N–H and O–H groups in total. The number of hydrogen-bond donors (Lipinski definition) is 1. The number of nitrogens with one attached hydrogen (secondary N) is 1. The van der Waals surface area contributed by atoms with Crippen LogP contribution in [0.3, 0.4) is 0 Å². The van der Waals surface area contributed by atoms with Crippen LogP contribution >= 0.6 is 11.6 Å². The summed E-state index contributed by atoms with van der Waals surface area (Å²) in [6.45, 7) is 1.92. The maximum Gasteiger partial charge on any atom is 0.337 e. The zero-order valence-electron chi connectivity index (χ0n) is 19.5. The molecular formula is C29H30ClNO3. The zero-order valence-corrected chi connectivity index (χ0v) is 20.2. The lowest BCUT2D eigenvalue weighted by Crippen LogP contribution is -2.37. The molecule has 1 saturated carbocycles. The first kappa shape index (κ1) is 22.9. The van der Waals surface area contributed by atoms with Crippen molar-refractivity contribution in [1.82, 2.24) is 5.32 Å². The minimum Gasteiger partial charge on any atom is -0.459 e. The summed E-state index contributed by atoms with van der Waals surface area (Å²) in [5.74, 6) is -0.567. The van der Waals surface area contributed by atoms with E-state index >= 15 is 0 Å². The van der Waals surface area contributed by atoms with Crippen molar-refractivity contribution in [2.24, 2.45) is 0 Å². The Morgan fingerprint density at radius 2 is 1.65 bits per heavy atom. The summed E-state index contributed by atoms with van der Waals surface area (Å²) in [4.78, 5) is 27.1. The number of carbonyl (C=O) groups excluding carboxylic acids is 2. The molecule has 1 fully saturated rings. The van der Waals surface area contributed by atoms with Crippen LogP contribution in [-0.4, -0.2) is 17.9 Å². The van der Waals surface area contributed by atoms with Crippen LogP contribution in [-0.2, 0) is 14.3 Å². The monoisotopic (exact) mass is 475 g/mol. The van der Waals surface area contributed by atoms with Gasteiger partial charge in [-0.25, -0.2) is 4.79 Å². The van der Waals surface area contributed by atoms with Gasteiger partial charge in [0.25, 0.3) is 0 Å². The predicted octanol–water partition coefficient (Wildman–Crippen LogP) is 6.58. The number of hydrogen-bond acceptors (Lipinski definition) is 4. The van der Waals surface area contributed by atoms with E-state index in [1.807, 2.05) is 49.4 Å². The van der Waals surface area contributed by atoms with Gasteiger partial charge in [0.05, 0.1) is 5.57 Å². The third-order valence-electron chi connectivity index (χ3n) is 7.35. The molecule has 2 unspecified atom stereocenters. The molecule has 2 aromatic rings. The number of ether oxygens (including phenoxy) is 1. The maximum atomic E-state index is 13.6. The first-order valence-corrected chi connectivity index (χ1v) is 12.6. The fourth-order valence-electron chi connectivity index (χ4n) is 5.66. The smallest absolute Gasteiger partial charge is 0.337 e. The van der Waals surface area contributed by atoms with E-state index in [1.54, 1.807) is 0 Å². The van der Waals surface area contributed by atoms with Crippen molar-refractivity contribution < 1.29 is 14.3 Å². The van der Waals surface area contributed by atoms with Crippen molar-refractivity contribution in [2.45, 2.75) is 69.8 Å². The molecule has 2 aliphatic carbocycles. The summed E-state index contributed by atoms with van der Waals surface area (Å²) in [7, 11) is 0. The van der Waals surface area contributed by atoms with Crippen LogP contribution in [0.1, 0.15) is 74.8 Å². The van der Waals surface area contributed by atoms with Crippen LogP contribution in [0.25, 0.3) is 0 Å². The Morgan fingerprint density at radius 3 is 2.35 bits per heavy atom. The molecule has 4 nitrogen and oxygen atoms in total. The van der Waals surface area contributed by atoms with Crippen molar-refractivity contribution >= 4 is 23.4 Å². The standard InChI is InChI=1S/C29H30ClNO3/c1-18-26(29(33)34-23-10-6-3-7-11-23)27(20-12-14-22(30)15-13-20)28-24(31-18)16-21(17-25(28)32)19-8-4-2-5-9-19/h2,4-5,8-9,12-15,21,23,27,31H,3,6-7,10-11,16-17H2,1H3. The van der Waals surface area contributed by atoms with Crippen LogP contribution < -0.4 is 5.32 Å². The normalized spacial score (nSPS) is 23.4. The minimum atomic E-state index is -0.450. The first-order valence-electron chi connectivity index (χ1n) is 12.3. The highest BCUT2D eigenvalue weighted by Crippen LogP contribution is 2.46. The molecule has 0 bridgehead atoms. The van der Waals surface area contributed by atoms with Gasteiger partial charge in [-0.3, -0.25) is 4.79 Å². The molecule has 0 spiro atoms. The summed E-state index contributed by atoms with van der Waals surface area (Å²) < 4.78 is 5.99. The molecule has 2 atom stereocenters. The Bertz CT molecular complexity index is 1140. The summed E-state index contributed by atoms with van der Waals surface area (Å²) in [6.07, 6.45) is 6.29. The number of rotatable bonds is 4. The second kappa shape index (κ2) is 9.79. The van der Waals surface area contributed by atoms with E-state index < -0.39 is 5.92 Å². The lowest BCUT2D eigenvalue weighted by atomic mass is 9.71. The fraction of sp³-hybridized carbons (Fsp3) is 0.379. The van der Waals surface area contributed by atoms with Gasteiger partial charge in [0.1, 0.15) is 6.10 Å². The number of halogens is 1. The van der Waals surface area contributed by atoms with E-state index in [1.165, 1.54) is 6.42 Å². The van der Waals surface area contributed by atoms with E-state index in [-0.39, 0.29) is 23.8 Å². The van der Waals surface area contributed by atoms with Crippen molar-refractivity contribution in [3.05, 3.63) is 93.3 Å². The number of allylic oxidation sites excluding steroid dienone is 3. The zero-order chi connectivity index (χ0) is 23.7. The van der Waals surface area contributed by atoms with Gasteiger partial charge in [-0.15, -0.1) is 0 Å². The highest BCUT2D eigenvalue weighted by Gasteiger charge is 2.41. The Kier molecular flexibility index (Phi) is 6.60. The second-order valence-electron chi connectivity index (χ2n) is 9.64. The third-order valence-corrected chi connectivity index (χ3v) is 7.60. The largest absolute Gasteiger partial charge is 0.459 e. The molecular weight excluding hydrogens is 446 g/mol. The summed E-state index contributed by atoms with van der Waals surface area (Å²) in [5.41, 5.74) is 4.96. The van der Waals surface area contributed by atoms with Gasteiger partial charge in [0.2, 0.25) is 0 Å². The van der Waals surface area contributed by atoms with Crippen LogP contribution in [0.15, 0.2) is 77.1 Å². The van der Waals surface area contributed by atoms with Crippen molar-refractivity contribution in [2.75, 3.05) is 0 Å². The Morgan fingerprint density at radius 1 is 0.941 bits per heavy atom. The van der Waals surface area contributed by atoms with Crippen LogP contribution in [0.4, 0.5) is 0 Å². The van der Waals surface area contributed by atoms with Gasteiger partial charge >= 0.3 is 5.97 Å². The van der Waals surface area contributed by atoms with E-state index in [2.05, 4.69) is 17.4 Å². The van der Waals surface area contributed by atoms with Crippen molar-refractivity contribution in [3.8, 4) is 0 Å². The van der Waals surface area contributed by atoms with E-state index in [4.69, 9.17) is 16.3 Å². The molecule has 176 valence electrons. The second-order valence-corrected chi connectivity index (χ2v) is 10.1. The molecule has 3 aliphatic rings. The van der Waals surface area contributed by atoms with E-state index in [9.17, 15) is 9.59 Å². The Labute approximate surface area is 206 Å². The molecule has 5 rings (SSSR count). The number of benzene rings is 2. The highest BCUT2D eigenvalue weighted by atomic mass is 35.5. The maximum absolute atomic E-state index is 13.6. The quantitative estimate of drug-likeness (QED) is 0.507. The van der Waals surface area contributed by atoms with Gasteiger partial charge < -0.3 is 10.1 Å². The van der Waals surface area contributed by atoms with E-state index in [0.29, 0.717) is 22.6 Å². The molecule has 5 heteroatoms. The molecule has 0 radical (unpaired) electrons. The summed E-state index contributed by atoms with van der Waals surface area (Å²) in [5, 5.41) is 4.06. The summed E-state index contributed by atoms with van der Waals surface area (Å²) >= 11 is 6.17. The highest BCUT2D eigenvalue weighted by molar-refractivity contribution is 6.30. The van der Waals surface area contributed by atoms with Crippen LogP contribution in [0.5, 0.6) is 0 Å². The Balaban J connectivity index is 1.52. The molecule has 0 saturated heterocycles. The van der Waals surface area contributed by atoms with E-state index in [0.717, 1.165) is 54.6 Å². The molecule has 1 aliphatic heterocycles. The minimum absolute atomic E-state index is 0.0488. The average molecular weight is 476 g/mol. The number of ketones is 1. The fourth-order valence-corrected chi connectivity index (χ4v) is 5.78. The first-order chi connectivity index (χ1) is 16.5. The van der Waals surface area contributed by atoms with Gasteiger partial charge in [-0.1, -0.05) is 60.5 Å². The summed E-state index contributed by atoms with van der Waals surface area (Å²) in [6, 6.07) is 17.7. The molecule has 1 heterocycles. The van der Waals surface area contributed by atoms with Crippen molar-refractivity contribution in [3.63, 3.8) is 0 Å². The molecule has 0 aromatic heterocycles. The number of esters is 1. The van der Waals surface area contributed by atoms with Gasteiger partial charge in [0, 0.05) is 34.3 Å². The third kappa shape index (κ3) is 4.56. The molecule has 34 heavy (non-hydrogen) atoms. The van der Waals surface area contributed by atoms with Gasteiger partial charge in [0.15, 0.2) is 5.78 Å². The number of dihydropyridines is 1. The van der Waals surface area contributed by atoms with Crippen LogP contribution in [0.2, 0.25) is 5.02 Å². The predicted molar refractivity (Wildman–Crippen MR) is 133 cm³/mol. The lowest BCUT2D eigenvalue weighted by molar-refractivity contribution is -0.146. The Hall–Kier alpha value is -2.85. The molecule has 0 amide bonds. The van der Waals surface area contributed by atoms with Crippen LogP contribution in [0, 0.1) is 0 Å². The molecule has 2 aromatic carbocycles. The SMILES string of the molecule is CC1=C(C(=O)OC2CCCCC2)C(c2ccc(Cl)cc2)C2=C(CC(c3ccccc3)CC2=O)N1. The lowest BCUT2D eigenvalue weighted by Gasteiger charge is -2.37. The van der Waals surface area contributed by atoms with Gasteiger partial charge in [-0.05, 0) is 68.2 Å². The topological polar surface area (TPSA) is 55.4 Å². The number of Topliss-reactive ketones (excluding diaryl/α,β-unsaturated/α-hetero) is 1. The van der Waals surface area contributed by atoms with Crippen molar-refractivity contribution in [1.29, 1.82) is 0 Å².